The second-order valence-electron chi connectivity index (χ2n) is 4.90. The van der Waals surface area contributed by atoms with E-state index in [1.165, 1.54) is 23.5 Å². The molecule has 8 heteroatoms. The predicted molar refractivity (Wildman–Crippen MR) is 79.0 cm³/mol. The lowest BCUT2D eigenvalue weighted by Gasteiger charge is -2.06. The van der Waals surface area contributed by atoms with Crippen molar-refractivity contribution in [1.82, 2.24) is 4.98 Å². The van der Waals surface area contributed by atoms with Gasteiger partial charge in [0.1, 0.15) is 0 Å². The van der Waals surface area contributed by atoms with E-state index in [2.05, 4.69) is 4.98 Å². The Hall–Kier alpha value is -2.61. The van der Waals surface area contributed by atoms with Crippen LogP contribution in [0.25, 0.3) is 22.1 Å². The molecule has 24 heavy (non-hydrogen) atoms. The molecule has 0 spiro atoms. The first-order valence-electron chi connectivity index (χ1n) is 6.75. The highest BCUT2D eigenvalue weighted by Gasteiger charge is 2.30. The van der Waals surface area contributed by atoms with Crippen LogP contribution in [-0.4, -0.2) is 11.0 Å². The fourth-order valence-electron chi connectivity index (χ4n) is 2.13. The van der Waals surface area contributed by atoms with Crippen LogP contribution in [0.4, 0.5) is 13.2 Å². The summed E-state index contributed by atoms with van der Waals surface area (Å²) in [5.74, 6) is -0.979. The Morgan fingerprint density at radius 1 is 1.21 bits per heavy atom. The molecule has 4 nitrogen and oxygen atoms in total. The lowest BCUT2D eigenvalue weighted by molar-refractivity contribution is -0.304. The minimum absolute atomic E-state index is 0.0587. The number of rotatable bonds is 4. The number of aromatic nitrogens is 1. The zero-order valence-electron chi connectivity index (χ0n) is 12.0. The molecular formula is C16H9F3NO3S-. The molecule has 0 N–H and O–H groups in total. The Bertz CT molecular complexity index is 852. The van der Waals surface area contributed by atoms with Gasteiger partial charge in [-0.05, 0) is 35.7 Å². The summed E-state index contributed by atoms with van der Waals surface area (Å²) in [7, 11) is 0. The van der Waals surface area contributed by atoms with E-state index in [0.717, 1.165) is 12.1 Å². The zero-order chi connectivity index (χ0) is 17.3. The van der Waals surface area contributed by atoms with Gasteiger partial charge in [-0.2, -0.15) is 13.2 Å². The fraction of sp³-hybridized carbons (Fsp3) is 0.125. The number of nitrogens with zero attached hydrogens (tertiary/aromatic N) is 1. The standard InChI is InChI=1S/C16H10F3NO3S/c17-16(18,19)10-5-3-9(4-6-10)15-20-11(8-13(21)22)14(23-15)12-2-1-7-24-12/h1-7H,8H2,(H,21,22)/p-1. The van der Waals surface area contributed by atoms with E-state index in [4.69, 9.17) is 4.42 Å². The number of aliphatic carboxylic acids is 1. The number of alkyl halides is 3. The molecule has 0 aliphatic carbocycles. The summed E-state index contributed by atoms with van der Waals surface area (Å²) in [6.45, 7) is 0. The molecule has 0 atom stereocenters. The average Bonchev–Trinajstić information content (AvgIpc) is 3.15. The van der Waals surface area contributed by atoms with Gasteiger partial charge in [0.05, 0.1) is 16.1 Å². The molecule has 0 amide bonds. The van der Waals surface area contributed by atoms with E-state index >= 15 is 0 Å². The number of hydrogen-bond acceptors (Lipinski definition) is 5. The van der Waals surface area contributed by atoms with Crippen LogP contribution in [0, 0.1) is 0 Å². The molecule has 2 aromatic heterocycles. The largest absolute Gasteiger partial charge is 0.550 e. The SMILES string of the molecule is O=C([O-])Cc1nc(-c2ccc(C(F)(F)F)cc2)oc1-c1cccs1. The third kappa shape index (κ3) is 3.33. The lowest BCUT2D eigenvalue weighted by atomic mass is 10.1. The van der Waals surface area contributed by atoms with Crippen molar-refractivity contribution in [1.29, 1.82) is 0 Å². The number of carboxylic acids is 1. The topological polar surface area (TPSA) is 66.2 Å². The van der Waals surface area contributed by atoms with Crippen LogP contribution < -0.4 is 5.11 Å². The maximum atomic E-state index is 12.6. The fourth-order valence-corrected chi connectivity index (χ4v) is 2.86. The van der Waals surface area contributed by atoms with Gasteiger partial charge < -0.3 is 14.3 Å². The Morgan fingerprint density at radius 2 is 1.92 bits per heavy atom. The molecule has 124 valence electrons. The van der Waals surface area contributed by atoms with Crippen LogP contribution in [0.15, 0.2) is 46.2 Å². The van der Waals surface area contributed by atoms with Crippen LogP contribution in [0.5, 0.6) is 0 Å². The number of carboxylic acid groups (broad SMARTS) is 1. The highest BCUT2D eigenvalue weighted by Crippen LogP contribution is 2.34. The van der Waals surface area contributed by atoms with Crippen molar-refractivity contribution >= 4 is 17.3 Å². The zero-order valence-corrected chi connectivity index (χ0v) is 12.8. The summed E-state index contributed by atoms with van der Waals surface area (Å²) in [4.78, 5) is 15.7. The molecule has 0 aliphatic heterocycles. The van der Waals surface area contributed by atoms with Crippen molar-refractivity contribution in [2.75, 3.05) is 0 Å². The summed E-state index contributed by atoms with van der Waals surface area (Å²) in [6.07, 6.45) is -4.88. The quantitative estimate of drug-likeness (QED) is 0.722. The number of carbonyl (C=O) groups is 1. The maximum Gasteiger partial charge on any atom is 0.416 e. The van der Waals surface area contributed by atoms with Gasteiger partial charge in [0.2, 0.25) is 5.89 Å². The monoisotopic (exact) mass is 352 g/mol. The molecule has 0 unspecified atom stereocenters. The van der Waals surface area contributed by atoms with E-state index in [0.29, 0.717) is 10.4 Å². The minimum atomic E-state index is -4.43. The van der Waals surface area contributed by atoms with Crippen molar-refractivity contribution in [2.45, 2.75) is 12.6 Å². The molecule has 0 bridgehead atoms. The van der Waals surface area contributed by atoms with E-state index in [1.807, 2.05) is 0 Å². The van der Waals surface area contributed by atoms with Crippen molar-refractivity contribution in [3.05, 3.63) is 53.0 Å². The summed E-state index contributed by atoms with van der Waals surface area (Å²) < 4.78 is 43.4. The average molecular weight is 352 g/mol. The molecule has 0 aliphatic rings. The van der Waals surface area contributed by atoms with E-state index in [-0.39, 0.29) is 17.3 Å². The Balaban J connectivity index is 2.01. The van der Waals surface area contributed by atoms with Crippen LogP contribution >= 0.6 is 11.3 Å². The summed E-state index contributed by atoms with van der Waals surface area (Å²) in [5, 5.41) is 12.7. The third-order valence-corrected chi connectivity index (χ3v) is 4.08. The van der Waals surface area contributed by atoms with Gasteiger partial charge in [-0.1, -0.05) is 6.07 Å². The highest BCUT2D eigenvalue weighted by atomic mass is 32.1. The van der Waals surface area contributed by atoms with Crippen molar-refractivity contribution in [3.8, 4) is 22.1 Å². The summed E-state index contributed by atoms with van der Waals surface area (Å²) in [5.41, 5.74) is -0.288. The smallest absolute Gasteiger partial charge is 0.416 e. The van der Waals surface area contributed by atoms with Crippen LogP contribution in [0.1, 0.15) is 11.3 Å². The van der Waals surface area contributed by atoms with E-state index in [9.17, 15) is 23.1 Å². The van der Waals surface area contributed by atoms with Gasteiger partial charge in [0, 0.05) is 18.0 Å². The Morgan fingerprint density at radius 3 is 2.46 bits per heavy atom. The van der Waals surface area contributed by atoms with Gasteiger partial charge >= 0.3 is 6.18 Å². The second-order valence-corrected chi connectivity index (χ2v) is 5.84. The van der Waals surface area contributed by atoms with Gasteiger partial charge in [-0.3, -0.25) is 0 Å². The third-order valence-electron chi connectivity index (χ3n) is 3.21. The van der Waals surface area contributed by atoms with E-state index in [1.54, 1.807) is 17.5 Å². The molecule has 0 fully saturated rings. The van der Waals surface area contributed by atoms with Gasteiger partial charge in [0.25, 0.3) is 0 Å². The van der Waals surface area contributed by atoms with Gasteiger partial charge in [-0.15, -0.1) is 11.3 Å². The predicted octanol–water partition coefficient (Wildman–Crippen LogP) is 3.38. The molecule has 0 radical (unpaired) electrons. The molecule has 2 heterocycles. The van der Waals surface area contributed by atoms with Crippen LogP contribution in [-0.2, 0) is 17.4 Å². The number of halogens is 3. The van der Waals surface area contributed by atoms with Crippen LogP contribution in [0.3, 0.4) is 0 Å². The molecule has 0 saturated carbocycles. The number of hydrogen-bond donors (Lipinski definition) is 0. The summed E-state index contributed by atoms with van der Waals surface area (Å²) >= 11 is 1.34. The first kappa shape index (κ1) is 16.3. The molecule has 3 aromatic rings. The molecular weight excluding hydrogens is 343 g/mol. The molecule has 0 saturated heterocycles. The second kappa shape index (κ2) is 6.12. The minimum Gasteiger partial charge on any atom is -0.550 e. The molecule has 3 rings (SSSR count). The normalized spacial score (nSPS) is 11.6. The van der Waals surface area contributed by atoms with Gasteiger partial charge in [-0.25, -0.2) is 4.98 Å². The number of carbonyl (C=O) groups excluding carboxylic acids is 1. The Labute approximate surface area is 138 Å². The summed E-state index contributed by atoms with van der Waals surface area (Å²) in [6, 6.07) is 7.81. The maximum absolute atomic E-state index is 12.6. The lowest BCUT2D eigenvalue weighted by Crippen LogP contribution is -2.24. The number of oxazole rings is 1. The number of thiophene rings is 1. The first-order valence-corrected chi connectivity index (χ1v) is 7.63. The molecule has 1 aromatic carbocycles. The van der Waals surface area contributed by atoms with E-state index < -0.39 is 24.1 Å². The number of benzene rings is 1. The highest BCUT2D eigenvalue weighted by molar-refractivity contribution is 7.13. The van der Waals surface area contributed by atoms with Crippen LogP contribution in [0.2, 0.25) is 0 Å². The van der Waals surface area contributed by atoms with Crippen molar-refractivity contribution < 1.29 is 27.5 Å². The van der Waals surface area contributed by atoms with Crippen molar-refractivity contribution in [3.63, 3.8) is 0 Å². The van der Waals surface area contributed by atoms with Crippen molar-refractivity contribution in [2.24, 2.45) is 0 Å². The van der Waals surface area contributed by atoms with Gasteiger partial charge in [0.15, 0.2) is 5.76 Å². The first-order chi connectivity index (χ1) is 11.3. The Kier molecular flexibility index (Phi) is 4.15.